The zero-order chi connectivity index (χ0) is 12.8. The molecule has 0 bridgehead atoms. The van der Waals surface area contributed by atoms with Gasteiger partial charge in [-0.3, -0.25) is 5.32 Å². The second kappa shape index (κ2) is 6.36. The maximum absolute atomic E-state index is 8.73. The molecule has 0 aromatic heterocycles. The molecule has 0 heterocycles. The van der Waals surface area contributed by atoms with Gasteiger partial charge in [-0.1, -0.05) is 35.0 Å². The van der Waals surface area contributed by atoms with Crippen molar-refractivity contribution in [3.63, 3.8) is 0 Å². The fourth-order valence-electron chi connectivity index (χ4n) is 1.01. The molecule has 0 fully saturated rings. The highest BCUT2D eigenvalue weighted by Crippen LogP contribution is 2.34. The third kappa shape index (κ3) is 3.54. The van der Waals surface area contributed by atoms with Crippen molar-refractivity contribution in [2.75, 3.05) is 6.26 Å². The minimum Gasteiger partial charge on any atom is -0.271 e. The Kier molecular flexibility index (Phi) is 5.11. The summed E-state index contributed by atoms with van der Waals surface area (Å²) in [4.78, 5) is 4.11. The lowest BCUT2D eigenvalue weighted by Gasteiger charge is -2.04. The van der Waals surface area contributed by atoms with Gasteiger partial charge in [0.1, 0.15) is 5.69 Å². The molecule has 86 valence electrons. The number of aliphatic imine (C=N–C) groups is 1. The highest BCUT2D eigenvalue weighted by molar-refractivity contribution is 8.13. The molecule has 1 rings (SSSR count). The van der Waals surface area contributed by atoms with E-state index in [-0.39, 0.29) is 10.0 Å². The quantitative estimate of drug-likeness (QED) is 0.372. The van der Waals surface area contributed by atoms with Crippen molar-refractivity contribution >= 4 is 45.8 Å². The summed E-state index contributed by atoms with van der Waals surface area (Å²) in [5, 5.41) is 20.5. The second-order valence-corrected chi connectivity index (χ2v) is 4.37. The Morgan fingerprint density at radius 1 is 1.35 bits per heavy atom. The fourth-order valence-corrected chi connectivity index (χ4v) is 1.91. The van der Waals surface area contributed by atoms with Crippen molar-refractivity contribution < 1.29 is 0 Å². The predicted molar refractivity (Wildman–Crippen MR) is 70.5 cm³/mol. The van der Waals surface area contributed by atoms with Crippen LogP contribution in [0.25, 0.3) is 0 Å². The van der Waals surface area contributed by atoms with Gasteiger partial charge in [-0.25, -0.2) is 4.99 Å². The maximum Gasteiger partial charge on any atom is 0.183 e. The number of amidine groups is 1. The van der Waals surface area contributed by atoms with E-state index in [0.29, 0.717) is 16.4 Å². The van der Waals surface area contributed by atoms with Gasteiger partial charge in [0.2, 0.25) is 0 Å². The zero-order valence-corrected chi connectivity index (χ0v) is 11.0. The third-order valence-electron chi connectivity index (χ3n) is 1.72. The van der Waals surface area contributed by atoms with Crippen LogP contribution in [0.4, 0.5) is 5.69 Å². The molecule has 0 aliphatic heterocycles. The molecule has 17 heavy (non-hydrogen) atoms. The summed E-state index contributed by atoms with van der Waals surface area (Å²) in [6.07, 6.45) is 3.52. The van der Waals surface area contributed by atoms with Gasteiger partial charge in [-0.15, -0.1) is 0 Å². The molecule has 0 saturated carbocycles. The highest BCUT2D eigenvalue weighted by atomic mass is 35.5. The number of nitrogens with one attached hydrogen (secondary N) is 1. The first kappa shape index (κ1) is 13.7. The van der Waals surface area contributed by atoms with Crippen LogP contribution in [0.15, 0.2) is 17.1 Å². The summed E-state index contributed by atoms with van der Waals surface area (Å²) in [5.74, 6) is 0. The van der Waals surface area contributed by atoms with Crippen LogP contribution in [0, 0.1) is 22.8 Å². The van der Waals surface area contributed by atoms with E-state index in [1.165, 1.54) is 23.9 Å². The molecular weight excluding hydrogens is 279 g/mol. The Labute approximate surface area is 113 Å². The summed E-state index contributed by atoms with van der Waals surface area (Å²) in [5.41, 5.74) is 0.692. The van der Waals surface area contributed by atoms with Gasteiger partial charge >= 0.3 is 0 Å². The number of rotatable bonds is 1. The zero-order valence-electron chi connectivity index (χ0n) is 8.66. The number of hydrogen-bond acceptors (Lipinski definition) is 4. The molecule has 1 aromatic rings. The van der Waals surface area contributed by atoms with Gasteiger partial charge in [0.25, 0.3) is 0 Å². The van der Waals surface area contributed by atoms with Crippen molar-refractivity contribution in [2.24, 2.45) is 4.99 Å². The average molecular weight is 285 g/mol. The van der Waals surface area contributed by atoms with Crippen LogP contribution in [-0.4, -0.2) is 11.4 Å². The third-order valence-corrected chi connectivity index (χ3v) is 2.87. The van der Waals surface area contributed by atoms with E-state index >= 15 is 0 Å². The predicted octanol–water partition coefficient (Wildman–Crippen LogP) is 3.29. The normalized spacial score (nSPS) is 10.5. The summed E-state index contributed by atoms with van der Waals surface area (Å²) >= 11 is 13.2. The van der Waals surface area contributed by atoms with E-state index in [0.717, 1.165) is 0 Å². The monoisotopic (exact) mass is 284 g/mol. The van der Waals surface area contributed by atoms with Crippen molar-refractivity contribution in [3.8, 4) is 12.3 Å². The molecule has 0 amide bonds. The van der Waals surface area contributed by atoms with Gasteiger partial charge in [0, 0.05) is 0 Å². The SMILES string of the molecule is CSC(=Nc1c(Cl)cc(C#N)cc1Cl)NC#N. The Morgan fingerprint density at radius 2 is 1.94 bits per heavy atom. The Balaban J connectivity index is 3.25. The van der Waals surface area contributed by atoms with Crippen molar-refractivity contribution in [2.45, 2.75) is 0 Å². The van der Waals surface area contributed by atoms with Crippen LogP contribution in [-0.2, 0) is 0 Å². The largest absolute Gasteiger partial charge is 0.271 e. The summed E-state index contributed by atoms with van der Waals surface area (Å²) < 4.78 is 0. The van der Waals surface area contributed by atoms with Crippen LogP contribution in [0.3, 0.4) is 0 Å². The molecule has 4 nitrogen and oxygen atoms in total. The molecule has 0 aliphatic rings. The molecular formula is C10H6Cl2N4S. The van der Waals surface area contributed by atoms with E-state index in [9.17, 15) is 0 Å². The van der Waals surface area contributed by atoms with Crippen LogP contribution >= 0.6 is 35.0 Å². The molecule has 1 N–H and O–H groups in total. The highest BCUT2D eigenvalue weighted by Gasteiger charge is 2.08. The number of thioether (sulfide) groups is 1. The van der Waals surface area contributed by atoms with Gasteiger partial charge in [-0.2, -0.15) is 10.5 Å². The number of nitriles is 2. The standard InChI is InChI=1S/C10H6Cl2N4S/c1-17-10(15-5-14)16-9-7(11)2-6(4-13)3-8(9)12/h2-3H,1H3,(H,15,16). The second-order valence-electron chi connectivity index (χ2n) is 2.76. The molecule has 1 aromatic carbocycles. The summed E-state index contributed by atoms with van der Waals surface area (Å²) in [7, 11) is 0. The number of benzene rings is 1. The van der Waals surface area contributed by atoms with E-state index in [1.807, 2.05) is 6.07 Å². The van der Waals surface area contributed by atoms with Gasteiger partial charge in [-0.05, 0) is 18.4 Å². The molecule has 0 aliphatic carbocycles. The first-order valence-electron chi connectivity index (χ1n) is 4.29. The van der Waals surface area contributed by atoms with Crippen LogP contribution < -0.4 is 5.32 Å². The molecule has 0 spiro atoms. The first-order chi connectivity index (χ1) is 8.12. The number of halogens is 2. The minimum absolute atomic E-state index is 0.264. The first-order valence-corrected chi connectivity index (χ1v) is 6.27. The van der Waals surface area contributed by atoms with Gasteiger partial charge in [0.05, 0.1) is 21.7 Å². The van der Waals surface area contributed by atoms with Gasteiger partial charge in [0.15, 0.2) is 11.4 Å². The molecule has 0 saturated heterocycles. The topological polar surface area (TPSA) is 72.0 Å². The minimum atomic E-state index is 0.264. The van der Waals surface area contributed by atoms with Crippen LogP contribution in [0.2, 0.25) is 10.0 Å². The lowest BCUT2D eigenvalue weighted by atomic mass is 10.2. The van der Waals surface area contributed by atoms with E-state index in [1.54, 1.807) is 12.4 Å². The average Bonchev–Trinajstić information content (AvgIpc) is 2.31. The van der Waals surface area contributed by atoms with E-state index in [2.05, 4.69) is 10.3 Å². The maximum atomic E-state index is 8.73. The Morgan fingerprint density at radius 3 is 2.35 bits per heavy atom. The molecule has 0 atom stereocenters. The fraction of sp³-hybridized carbons (Fsp3) is 0.100. The van der Waals surface area contributed by atoms with Crippen LogP contribution in [0.5, 0.6) is 0 Å². The Hall–Kier alpha value is -1.40. The molecule has 7 heteroatoms. The van der Waals surface area contributed by atoms with Crippen LogP contribution in [0.1, 0.15) is 5.56 Å². The molecule has 0 unspecified atom stereocenters. The smallest absolute Gasteiger partial charge is 0.183 e. The number of nitrogens with zero attached hydrogens (tertiary/aromatic N) is 3. The van der Waals surface area contributed by atoms with E-state index < -0.39 is 0 Å². The number of hydrogen-bond donors (Lipinski definition) is 1. The lowest BCUT2D eigenvalue weighted by molar-refractivity contribution is 1.28. The Bertz CT molecular complexity index is 519. The molecule has 0 radical (unpaired) electrons. The summed E-state index contributed by atoms with van der Waals surface area (Å²) in [6, 6.07) is 4.88. The van der Waals surface area contributed by atoms with Crippen molar-refractivity contribution in [1.29, 1.82) is 10.5 Å². The van der Waals surface area contributed by atoms with Crippen molar-refractivity contribution in [1.82, 2.24) is 5.32 Å². The van der Waals surface area contributed by atoms with E-state index in [4.69, 9.17) is 33.7 Å². The lowest BCUT2D eigenvalue weighted by Crippen LogP contribution is -2.12. The summed E-state index contributed by atoms with van der Waals surface area (Å²) in [6.45, 7) is 0. The van der Waals surface area contributed by atoms with Gasteiger partial charge < -0.3 is 0 Å². The van der Waals surface area contributed by atoms with Crippen molar-refractivity contribution in [3.05, 3.63) is 27.7 Å².